The zero-order valence-electron chi connectivity index (χ0n) is 3.21. The minimum Gasteiger partial charge on any atom is -0.374 e. The van der Waals surface area contributed by atoms with Crippen molar-refractivity contribution in [1.29, 1.82) is 0 Å². The summed E-state index contributed by atoms with van der Waals surface area (Å²) in [4.78, 5) is 8.12. The Labute approximate surface area is 47.9 Å². The van der Waals surface area contributed by atoms with Gasteiger partial charge >= 0.3 is 21.1 Å². The number of rotatable bonds is 0. The van der Waals surface area contributed by atoms with Crippen molar-refractivity contribution in [2.45, 2.75) is 0 Å². The molecule has 5 heavy (non-hydrogen) atoms. The van der Waals surface area contributed by atoms with Crippen molar-refractivity contribution in [2.24, 2.45) is 0 Å². The topological polar surface area (TPSA) is 20.2 Å². The largest absolute Gasteiger partial charge is 2.00 e. The molecule has 0 aromatic rings. The molecule has 0 saturated carbocycles. The van der Waals surface area contributed by atoms with E-state index in [2.05, 4.69) is 0 Å². The van der Waals surface area contributed by atoms with Crippen LogP contribution in [-0.2, 0) is 21.1 Å². The zero-order chi connectivity index (χ0) is 3.58. The van der Waals surface area contributed by atoms with Gasteiger partial charge in [-0.15, -0.1) is 0 Å². The van der Waals surface area contributed by atoms with Gasteiger partial charge in [-0.1, -0.05) is 0 Å². The maximum absolute atomic E-state index is 8.12. The Morgan fingerprint density at radius 2 is 1.40 bits per heavy atom. The molecule has 0 amide bonds. The summed E-state index contributed by atoms with van der Waals surface area (Å²) in [6.07, 6.45) is 0. The van der Waals surface area contributed by atoms with Crippen LogP contribution < -0.4 is 0 Å². The van der Waals surface area contributed by atoms with Crippen molar-refractivity contribution < 1.29 is 26.0 Å². The monoisotopic (exact) mass is 273 g/mol. The van der Waals surface area contributed by atoms with Gasteiger partial charge in [0.15, 0.2) is 0 Å². The summed E-state index contributed by atoms with van der Waals surface area (Å²) in [5, 5.41) is 0. The van der Waals surface area contributed by atoms with Crippen LogP contribution in [0.15, 0.2) is 0 Å². The third-order valence-corrected chi connectivity index (χ3v) is 0. The smallest absolute Gasteiger partial charge is 0.374 e. The quantitative estimate of drug-likeness (QED) is 0.642. The van der Waals surface area contributed by atoms with Gasteiger partial charge in [0, 0.05) is 8.15 Å². The van der Waals surface area contributed by atoms with Gasteiger partial charge in [0.25, 0.3) is 0 Å². The molecule has 0 aliphatic rings. The van der Waals surface area contributed by atoms with Crippen LogP contribution in [0.25, 0.3) is 0 Å². The SMILES string of the molecule is CP(C)O.[Pt+2]. The second-order valence-electron chi connectivity index (χ2n) is 0.847. The Balaban J connectivity index is 0. The van der Waals surface area contributed by atoms with Crippen LogP contribution in [0.5, 0.6) is 0 Å². The molecule has 1 N–H and O–H groups in total. The Hall–Kier alpha value is 1.08. The van der Waals surface area contributed by atoms with Crippen molar-refractivity contribution in [3.8, 4) is 0 Å². The average molecular weight is 273 g/mol. The van der Waals surface area contributed by atoms with Gasteiger partial charge in [0.1, 0.15) is 0 Å². The standard InChI is InChI=1S/C2H7OP.Pt/c1-4(2)3;/h3H,1-2H3;/q;+2. The Morgan fingerprint density at radius 1 is 1.40 bits per heavy atom. The molecule has 34 valence electrons. The fourth-order valence-corrected chi connectivity index (χ4v) is 0. The van der Waals surface area contributed by atoms with Crippen LogP contribution in [-0.4, -0.2) is 18.2 Å². The van der Waals surface area contributed by atoms with E-state index in [1.165, 1.54) is 0 Å². The van der Waals surface area contributed by atoms with E-state index in [9.17, 15) is 0 Å². The summed E-state index contributed by atoms with van der Waals surface area (Å²) in [6, 6.07) is 0. The summed E-state index contributed by atoms with van der Waals surface area (Å²) in [7, 11) is -0.620. The van der Waals surface area contributed by atoms with Gasteiger partial charge in [-0.3, -0.25) is 0 Å². The van der Waals surface area contributed by atoms with E-state index in [0.29, 0.717) is 0 Å². The van der Waals surface area contributed by atoms with Gasteiger partial charge in [-0.25, -0.2) is 0 Å². The fraction of sp³-hybridized carbons (Fsp3) is 1.00. The second kappa shape index (κ2) is 5.08. The van der Waals surface area contributed by atoms with Crippen LogP contribution in [0.4, 0.5) is 0 Å². The summed E-state index contributed by atoms with van der Waals surface area (Å²) in [5.41, 5.74) is 0. The van der Waals surface area contributed by atoms with E-state index >= 15 is 0 Å². The molecule has 0 heterocycles. The van der Waals surface area contributed by atoms with E-state index in [0.717, 1.165) is 0 Å². The van der Waals surface area contributed by atoms with Crippen molar-refractivity contribution in [1.82, 2.24) is 0 Å². The maximum atomic E-state index is 8.12. The molecule has 0 radical (unpaired) electrons. The molecular formula is C2H7OPPt+2. The Morgan fingerprint density at radius 3 is 1.40 bits per heavy atom. The first-order chi connectivity index (χ1) is 1.73. The molecule has 3 heteroatoms. The summed E-state index contributed by atoms with van der Waals surface area (Å²) < 4.78 is 0. The molecule has 0 aliphatic carbocycles. The normalized spacial score (nSPS) is 7.20. The van der Waals surface area contributed by atoms with Crippen LogP contribution in [0.2, 0.25) is 0 Å². The van der Waals surface area contributed by atoms with Crippen LogP contribution in [0, 0.1) is 0 Å². The number of hydrogen-bond acceptors (Lipinski definition) is 1. The predicted octanol–water partition coefficient (Wildman–Crippen LogP) is 0.633. The Bertz CT molecular complexity index is 14.4. The van der Waals surface area contributed by atoms with Crippen molar-refractivity contribution in [2.75, 3.05) is 13.3 Å². The molecule has 0 aliphatic heterocycles. The first-order valence-corrected chi connectivity index (χ1v) is 3.28. The number of hydrogen-bond donors (Lipinski definition) is 1. The maximum Gasteiger partial charge on any atom is 2.00 e. The minimum atomic E-state index is -0.620. The van der Waals surface area contributed by atoms with E-state index in [1.807, 2.05) is 0 Å². The summed E-state index contributed by atoms with van der Waals surface area (Å²) in [6.45, 7) is 3.57. The summed E-state index contributed by atoms with van der Waals surface area (Å²) in [5.74, 6) is 0. The zero-order valence-corrected chi connectivity index (χ0v) is 6.38. The molecular weight excluding hydrogens is 266 g/mol. The van der Waals surface area contributed by atoms with Gasteiger partial charge in [0.2, 0.25) is 0 Å². The molecule has 1 nitrogen and oxygen atoms in total. The molecule has 0 unspecified atom stereocenters. The van der Waals surface area contributed by atoms with Gasteiger partial charge < -0.3 is 4.89 Å². The van der Waals surface area contributed by atoms with E-state index in [-0.39, 0.29) is 21.1 Å². The fourth-order valence-electron chi connectivity index (χ4n) is 0. The first-order valence-electron chi connectivity index (χ1n) is 1.09. The van der Waals surface area contributed by atoms with Crippen molar-refractivity contribution in [3.63, 3.8) is 0 Å². The molecule has 0 spiro atoms. The van der Waals surface area contributed by atoms with Gasteiger partial charge in [-0.05, 0) is 13.3 Å². The summed E-state index contributed by atoms with van der Waals surface area (Å²) >= 11 is 0. The molecule has 0 fully saturated rings. The molecule has 0 atom stereocenters. The van der Waals surface area contributed by atoms with E-state index in [4.69, 9.17) is 4.89 Å². The van der Waals surface area contributed by atoms with Gasteiger partial charge in [0.05, 0.1) is 0 Å². The minimum absolute atomic E-state index is 0. The molecule has 0 bridgehead atoms. The Kier molecular flexibility index (Phi) is 9.57. The predicted molar refractivity (Wildman–Crippen MR) is 21.0 cm³/mol. The van der Waals surface area contributed by atoms with Crippen molar-refractivity contribution >= 4 is 8.15 Å². The van der Waals surface area contributed by atoms with Gasteiger partial charge in [-0.2, -0.15) is 0 Å². The molecule has 0 saturated heterocycles. The van der Waals surface area contributed by atoms with E-state index < -0.39 is 8.15 Å². The molecule has 0 aromatic carbocycles. The van der Waals surface area contributed by atoms with Crippen molar-refractivity contribution in [3.05, 3.63) is 0 Å². The van der Waals surface area contributed by atoms with Crippen LogP contribution in [0.1, 0.15) is 0 Å². The van der Waals surface area contributed by atoms with Crippen LogP contribution in [0.3, 0.4) is 0 Å². The third kappa shape index (κ3) is 41.4. The molecule has 0 aromatic heterocycles. The molecule has 0 rings (SSSR count). The second-order valence-corrected chi connectivity index (χ2v) is 2.54. The van der Waals surface area contributed by atoms with Crippen LogP contribution >= 0.6 is 8.15 Å². The first kappa shape index (κ1) is 9.42. The average Bonchev–Trinajstić information content (AvgIpc) is 0.811. The van der Waals surface area contributed by atoms with E-state index in [1.54, 1.807) is 13.3 Å². The third-order valence-electron chi connectivity index (χ3n) is 0.